The summed E-state index contributed by atoms with van der Waals surface area (Å²) in [6.07, 6.45) is 4.58. The molecule has 12 heteroatoms. The molecule has 2 atom stereocenters. The van der Waals surface area contributed by atoms with Gasteiger partial charge in [-0.25, -0.2) is 13.8 Å². The number of carbonyl (C=O) groups excluding carboxylic acids is 1. The fourth-order valence-electron chi connectivity index (χ4n) is 3.48. The number of halogens is 2. The number of pyridine rings is 2. The van der Waals surface area contributed by atoms with Crippen molar-refractivity contribution in [2.45, 2.75) is 25.9 Å². The highest BCUT2D eigenvalue weighted by molar-refractivity contribution is 5.98. The van der Waals surface area contributed by atoms with Crippen LogP contribution in [0.2, 0.25) is 0 Å². The lowest BCUT2D eigenvalue weighted by molar-refractivity contribution is 0.100. The van der Waals surface area contributed by atoms with Crippen LogP contribution in [0.1, 0.15) is 34.6 Å². The SMILES string of the molecule is Cc1ncc(Nc2nc(N[C@H](c3ccc(F)cc3)[C@H](C)N)c(F)cc2C(N)=O)cc1-n1nccn1. The van der Waals surface area contributed by atoms with Crippen molar-refractivity contribution < 1.29 is 13.6 Å². The third-order valence-corrected chi connectivity index (χ3v) is 5.25. The molecule has 3 heterocycles. The van der Waals surface area contributed by atoms with Crippen molar-refractivity contribution in [2.24, 2.45) is 11.5 Å². The fraction of sp³-hybridized carbons (Fsp3) is 0.174. The zero-order valence-electron chi connectivity index (χ0n) is 18.9. The molecule has 0 radical (unpaired) electrons. The Labute approximate surface area is 199 Å². The molecule has 0 aliphatic heterocycles. The van der Waals surface area contributed by atoms with E-state index >= 15 is 0 Å². The minimum Gasteiger partial charge on any atom is -0.365 e. The van der Waals surface area contributed by atoms with E-state index in [2.05, 4.69) is 30.8 Å². The van der Waals surface area contributed by atoms with Gasteiger partial charge in [0.25, 0.3) is 5.91 Å². The Morgan fingerprint density at radius 1 is 1.09 bits per heavy atom. The van der Waals surface area contributed by atoms with E-state index < -0.39 is 29.6 Å². The van der Waals surface area contributed by atoms with Gasteiger partial charge in [-0.05, 0) is 43.7 Å². The summed E-state index contributed by atoms with van der Waals surface area (Å²) in [4.78, 5) is 22.0. The van der Waals surface area contributed by atoms with Gasteiger partial charge in [-0.3, -0.25) is 9.78 Å². The number of hydrogen-bond donors (Lipinski definition) is 4. The van der Waals surface area contributed by atoms with Crippen molar-refractivity contribution >= 4 is 23.2 Å². The van der Waals surface area contributed by atoms with E-state index in [1.807, 2.05) is 0 Å². The topological polar surface area (TPSA) is 150 Å². The summed E-state index contributed by atoms with van der Waals surface area (Å²) in [6, 6.07) is 7.28. The summed E-state index contributed by atoms with van der Waals surface area (Å²) in [5.74, 6) is -2.25. The van der Waals surface area contributed by atoms with Crippen molar-refractivity contribution in [3.05, 3.63) is 83.4 Å². The van der Waals surface area contributed by atoms with Crippen molar-refractivity contribution in [3.8, 4) is 5.69 Å². The molecule has 4 aromatic rings. The van der Waals surface area contributed by atoms with Crippen LogP contribution >= 0.6 is 0 Å². The first kappa shape index (κ1) is 23.7. The molecular weight excluding hydrogens is 456 g/mol. The van der Waals surface area contributed by atoms with Gasteiger partial charge in [-0.2, -0.15) is 10.2 Å². The molecule has 6 N–H and O–H groups in total. The summed E-state index contributed by atoms with van der Waals surface area (Å²) < 4.78 is 28.3. The molecule has 4 rings (SSSR count). The van der Waals surface area contributed by atoms with E-state index in [1.54, 1.807) is 32.0 Å². The Bertz CT molecular complexity index is 1340. The minimum atomic E-state index is -0.873. The molecule has 0 aliphatic rings. The predicted molar refractivity (Wildman–Crippen MR) is 126 cm³/mol. The minimum absolute atomic E-state index is 0.00829. The van der Waals surface area contributed by atoms with Crippen LogP contribution in [0.25, 0.3) is 5.69 Å². The number of anilines is 3. The Balaban J connectivity index is 1.71. The van der Waals surface area contributed by atoms with E-state index in [0.29, 0.717) is 22.6 Å². The van der Waals surface area contributed by atoms with E-state index in [-0.39, 0.29) is 17.2 Å². The summed E-state index contributed by atoms with van der Waals surface area (Å²) in [6.45, 7) is 3.51. The maximum absolute atomic E-state index is 14.9. The average Bonchev–Trinajstić information content (AvgIpc) is 3.35. The van der Waals surface area contributed by atoms with Crippen molar-refractivity contribution in [1.29, 1.82) is 0 Å². The third kappa shape index (κ3) is 5.22. The summed E-state index contributed by atoms with van der Waals surface area (Å²) in [5.41, 5.74) is 13.7. The third-order valence-electron chi connectivity index (χ3n) is 5.25. The largest absolute Gasteiger partial charge is 0.365 e. The molecule has 1 aromatic carbocycles. The van der Waals surface area contributed by atoms with Gasteiger partial charge in [0, 0.05) is 6.04 Å². The molecule has 0 bridgehead atoms. The zero-order valence-corrected chi connectivity index (χ0v) is 18.9. The van der Waals surface area contributed by atoms with Crippen LogP contribution < -0.4 is 22.1 Å². The summed E-state index contributed by atoms with van der Waals surface area (Å²) in [5, 5.41) is 14.1. The van der Waals surface area contributed by atoms with Gasteiger partial charge in [0.05, 0.1) is 41.6 Å². The van der Waals surface area contributed by atoms with Crippen LogP contribution in [0, 0.1) is 18.6 Å². The number of rotatable bonds is 8. The van der Waals surface area contributed by atoms with Gasteiger partial charge in [0.2, 0.25) is 0 Å². The summed E-state index contributed by atoms with van der Waals surface area (Å²) in [7, 11) is 0. The molecule has 0 aliphatic carbocycles. The van der Waals surface area contributed by atoms with Crippen molar-refractivity contribution in [3.63, 3.8) is 0 Å². The molecule has 0 saturated carbocycles. The van der Waals surface area contributed by atoms with Gasteiger partial charge < -0.3 is 22.1 Å². The highest BCUT2D eigenvalue weighted by Gasteiger charge is 2.22. The second-order valence-electron chi connectivity index (χ2n) is 7.88. The Hall–Kier alpha value is -4.45. The lowest BCUT2D eigenvalue weighted by atomic mass is 10.0. The van der Waals surface area contributed by atoms with Crippen LogP contribution in [-0.2, 0) is 0 Å². The number of benzene rings is 1. The maximum atomic E-state index is 14.9. The second kappa shape index (κ2) is 9.81. The molecule has 180 valence electrons. The van der Waals surface area contributed by atoms with Gasteiger partial charge >= 0.3 is 0 Å². The van der Waals surface area contributed by atoms with E-state index in [1.165, 1.54) is 35.5 Å². The number of hydrogen-bond acceptors (Lipinski definition) is 8. The first-order valence-electron chi connectivity index (χ1n) is 10.6. The highest BCUT2D eigenvalue weighted by Crippen LogP contribution is 2.28. The van der Waals surface area contributed by atoms with Crippen molar-refractivity contribution in [1.82, 2.24) is 25.0 Å². The molecule has 3 aromatic heterocycles. The van der Waals surface area contributed by atoms with Gasteiger partial charge in [-0.15, -0.1) is 4.80 Å². The average molecular weight is 479 g/mol. The molecule has 0 fully saturated rings. The molecule has 35 heavy (non-hydrogen) atoms. The lowest BCUT2D eigenvalue weighted by Crippen LogP contribution is -2.31. The smallest absolute Gasteiger partial charge is 0.252 e. The van der Waals surface area contributed by atoms with Gasteiger partial charge in [0.15, 0.2) is 11.6 Å². The van der Waals surface area contributed by atoms with E-state index in [0.717, 1.165) is 6.07 Å². The number of amides is 1. The van der Waals surface area contributed by atoms with Crippen LogP contribution in [0.3, 0.4) is 0 Å². The summed E-state index contributed by atoms with van der Waals surface area (Å²) >= 11 is 0. The number of aryl methyl sites for hydroxylation is 1. The van der Waals surface area contributed by atoms with Crippen molar-refractivity contribution in [2.75, 3.05) is 10.6 Å². The van der Waals surface area contributed by atoms with Crippen LogP contribution in [0.4, 0.5) is 26.1 Å². The lowest BCUT2D eigenvalue weighted by Gasteiger charge is -2.24. The van der Waals surface area contributed by atoms with E-state index in [4.69, 9.17) is 11.5 Å². The highest BCUT2D eigenvalue weighted by atomic mass is 19.1. The number of primary amides is 1. The molecular formula is C23H23F2N9O. The second-order valence-corrected chi connectivity index (χ2v) is 7.88. The predicted octanol–water partition coefficient (Wildman–Crippen LogP) is 2.99. The van der Waals surface area contributed by atoms with Crippen LogP contribution in [0.15, 0.2) is 55.0 Å². The number of nitrogens with zero attached hydrogens (tertiary/aromatic N) is 5. The number of nitrogens with one attached hydrogen (secondary N) is 2. The standard InChI is InChI=1S/C23H23F2N9O/c1-12(26)20(14-3-5-15(24)6-4-14)32-23-18(25)10-17(21(27)35)22(33-23)31-16-9-19(13(2)28-11-16)34-29-7-8-30-34/h3-12,20H,26H2,1-2H3,(H2,27,35)(H2,31,32,33)/t12-,20-/m0/s1. The molecule has 10 nitrogen and oxygen atoms in total. The number of nitrogens with two attached hydrogens (primary N) is 2. The van der Waals surface area contributed by atoms with Gasteiger partial charge in [-0.1, -0.05) is 12.1 Å². The van der Waals surface area contributed by atoms with E-state index in [9.17, 15) is 13.6 Å². The fourth-order valence-corrected chi connectivity index (χ4v) is 3.48. The van der Waals surface area contributed by atoms with Crippen LogP contribution in [-0.4, -0.2) is 36.9 Å². The zero-order chi connectivity index (χ0) is 25.1. The Morgan fingerprint density at radius 3 is 2.40 bits per heavy atom. The first-order chi connectivity index (χ1) is 16.7. The molecule has 0 spiro atoms. The normalized spacial score (nSPS) is 12.7. The number of aromatic nitrogens is 5. The van der Waals surface area contributed by atoms with Crippen LogP contribution in [0.5, 0.6) is 0 Å². The molecule has 0 saturated heterocycles. The number of carbonyl (C=O) groups is 1. The molecule has 0 unspecified atom stereocenters. The first-order valence-corrected chi connectivity index (χ1v) is 10.6. The quantitative estimate of drug-likeness (QED) is 0.301. The Kier molecular flexibility index (Phi) is 6.64. The van der Waals surface area contributed by atoms with Gasteiger partial charge in [0.1, 0.15) is 17.3 Å². The maximum Gasteiger partial charge on any atom is 0.252 e. The monoisotopic (exact) mass is 479 g/mol. The molecule has 1 amide bonds. The Morgan fingerprint density at radius 2 is 1.77 bits per heavy atom.